The fourth-order valence-corrected chi connectivity index (χ4v) is 16.3. The number of carbonyl (C=O) groups excluding carboxylic acids is 6. The van der Waals surface area contributed by atoms with E-state index in [4.69, 9.17) is 35.2 Å². The number of benzene rings is 13. The van der Waals surface area contributed by atoms with E-state index in [9.17, 15) is 28.8 Å². The van der Waals surface area contributed by atoms with Crippen molar-refractivity contribution in [3.8, 4) is 28.7 Å². The minimum absolute atomic E-state index is 0.230. The van der Waals surface area contributed by atoms with Crippen molar-refractivity contribution in [1.82, 2.24) is 116 Å². The number of tetrazole rings is 5. The molecule has 0 aliphatic carbocycles. The van der Waals surface area contributed by atoms with Crippen molar-refractivity contribution in [3.05, 3.63) is 464 Å². The van der Waals surface area contributed by atoms with Gasteiger partial charge >= 0.3 is 0 Å². The first-order valence-electron chi connectivity index (χ1n) is 46.2. The van der Waals surface area contributed by atoms with Crippen molar-refractivity contribution >= 4 is 35.4 Å². The van der Waals surface area contributed by atoms with Gasteiger partial charge in [0.2, 0.25) is 0 Å². The maximum absolute atomic E-state index is 13.1. The number of H-pyrrole nitrogens is 1. The van der Waals surface area contributed by atoms with Crippen LogP contribution in [-0.2, 0) is 93.3 Å². The van der Waals surface area contributed by atoms with Gasteiger partial charge in [-0.05, 0) is 197 Å². The lowest BCUT2D eigenvalue weighted by atomic mass is 10.0. The predicted molar refractivity (Wildman–Crippen MR) is 527 cm³/mol. The van der Waals surface area contributed by atoms with Gasteiger partial charge in [-0.2, -0.15) is 14.8 Å². The molecule has 0 saturated heterocycles. The summed E-state index contributed by atoms with van der Waals surface area (Å²) in [5, 5.41) is 61.4. The molecular formula is C108H99N25O11. The summed E-state index contributed by atoms with van der Waals surface area (Å²) in [6, 6.07) is 107. The number of aryl methyl sites for hydroxylation is 4. The molecule has 0 saturated carbocycles. The van der Waals surface area contributed by atoms with E-state index in [1.54, 1.807) is 106 Å². The number of nitrogens with two attached hydrogens (primary N) is 2. The topological polar surface area (TPSA) is 439 Å². The van der Waals surface area contributed by atoms with Crippen LogP contribution < -0.4 is 35.2 Å². The first-order valence-corrected chi connectivity index (χ1v) is 46.2. The van der Waals surface area contributed by atoms with Gasteiger partial charge in [0.25, 0.3) is 35.4 Å². The number of rotatable bonds is 33. The molecule has 3 aliphatic heterocycles. The van der Waals surface area contributed by atoms with E-state index in [-0.39, 0.29) is 53.4 Å². The molecule has 0 bridgehead atoms. The highest BCUT2D eigenvalue weighted by atomic mass is 16.5. The van der Waals surface area contributed by atoms with Crippen molar-refractivity contribution in [2.24, 2.45) is 39.7 Å². The lowest BCUT2D eigenvalue weighted by Gasteiger charge is -2.25. The lowest BCUT2D eigenvalue weighted by molar-refractivity contribution is 0.0556. The van der Waals surface area contributed by atoms with Crippen LogP contribution in [0.3, 0.4) is 0 Å². The first kappa shape index (κ1) is 97.2. The van der Waals surface area contributed by atoms with E-state index in [0.29, 0.717) is 122 Å². The van der Waals surface area contributed by atoms with Crippen LogP contribution in [0, 0.1) is 0 Å². The van der Waals surface area contributed by atoms with E-state index < -0.39 is 18.1 Å². The van der Waals surface area contributed by atoms with Crippen LogP contribution in [0.25, 0.3) is 0 Å². The average Bonchev–Trinajstić information content (AvgIpc) is 2.35. The van der Waals surface area contributed by atoms with Crippen LogP contribution in [-0.4, -0.2) is 152 Å². The molecule has 144 heavy (non-hydrogen) atoms. The first-order chi connectivity index (χ1) is 70.3. The van der Waals surface area contributed by atoms with E-state index in [1.807, 2.05) is 273 Å². The van der Waals surface area contributed by atoms with Crippen LogP contribution >= 0.6 is 0 Å². The zero-order valence-corrected chi connectivity index (χ0v) is 78.9. The minimum atomic E-state index is -0.683. The Morgan fingerprint density at radius 3 is 0.785 bits per heavy atom. The third-order valence-electron chi connectivity index (χ3n) is 23.7. The molecule has 5 N–H and O–H groups in total. The molecule has 21 rings (SSSR count). The number of nitrogens with zero attached hydrogens (tertiary/aromatic N) is 22. The summed E-state index contributed by atoms with van der Waals surface area (Å²) in [6.45, 7) is 2.54. The Morgan fingerprint density at radius 2 is 0.514 bits per heavy atom. The summed E-state index contributed by atoms with van der Waals surface area (Å²) >= 11 is 0. The van der Waals surface area contributed by atoms with Crippen molar-refractivity contribution < 1.29 is 52.5 Å². The second-order valence-electron chi connectivity index (χ2n) is 33.8. The number of fused-ring (bicyclic) bond motifs is 3. The molecule has 0 fully saturated rings. The Labute approximate surface area is 827 Å². The summed E-state index contributed by atoms with van der Waals surface area (Å²) in [7, 11) is 6.85. The van der Waals surface area contributed by atoms with E-state index >= 15 is 0 Å². The zero-order chi connectivity index (χ0) is 99.6. The number of aromatic nitrogens is 20. The second kappa shape index (κ2) is 46.8. The Balaban J connectivity index is 0.000000125. The largest absolute Gasteiger partial charge is 0.489 e. The molecule has 722 valence electrons. The second-order valence-corrected chi connectivity index (χ2v) is 33.8. The molecule has 5 aromatic heterocycles. The van der Waals surface area contributed by atoms with Crippen LogP contribution in [0.5, 0.6) is 28.7 Å². The van der Waals surface area contributed by atoms with Gasteiger partial charge in [-0.1, -0.05) is 254 Å². The molecular weight excluding hydrogens is 1820 g/mol. The monoisotopic (exact) mass is 1920 g/mol. The molecule has 5 atom stereocenters. The zero-order valence-electron chi connectivity index (χ0n) is 78.9. The van der Waals surface area contributed by atoms with Gasteiger partial charge in [-0.15, -0.1) is 40.8 Å². The standard InChI is InChI=1S/2C25H21N5O3.C24H19N5O3.2C17H19N5O/c1-29-23(26-27-28-29)22(30-24(31)20-9-5-6-10-21(20)25(30)32)15-17-11-13-19(14-12-17)33-16-18-7-3-2-4-8-18;1-29-27-23(26-28-29)22(30-24(31)20-9-5-6-10-21(20)25(30)32)15-17-11-13-19(14-12-17)33-16-18-7-3-2-4-8-18;30-23-19-8-4-5-9-20(19)24(31)29(23)21(22-25-27-28-26-22)14-16-10-12-18(13-11-16)32-15-17-6-2-1-3-7-17;1-22-17(19-20-21-22)16(18)11-13-7-9-15(10-8-13)23-12-14-5-3-2-4-6-14;1-22-20-17(19-21-22)16(18)11-13-7-9-15(10-8-13)23-12-14-5-3-2-4-6-14/h2*2-14,22H,15-16H2,1H3;1-13,21H,14-15H2,(H,25,26,27,28);2*2-10,16H,11-12,18H2,1H3/t2*22-;21-;2*16-/m00000/s1. The molecule has 6 amide bonds. The molecule has 0 radical (unpaired) electrons. The third-order valence-corrected chi connectivity index (χ3v) is 23.7. The molecule has 36 heteroatoms. The van der Waals surface area contributed by atoms with Gasteiger partial charge in [0.15, 0.2) is 29.1 Å². The Bertz CT molecular complexity index is 7210. The summed E-state index contributed by atoms with van der Waals surface area (Å²) in [6.07, 6.45) is 2.41. The van der Waals surface area contributed by atoms with E-state index in [0.717, 1.165) is 84.4 Å². The van der Waals surface area contributed by atoms with Gasteiger partial charge in [0.05, 0.1) is 59.6 Å². The lowest BCUT2D eigenvalue weighted by Crippen LogP contribution is -2.36. The SMILES string of the molecule is Cn1nnc([C@@H](N)Cc2ccc(OCc3ccccc3)cc2)n1.Cn1nnc([C@H](Cc2ccc(OCc3ccccc3)cc2)N2C(=O)c3ccccc3C2=O)n1.Cn1nnnc1[C@@H](N)Cc1ccc(OCc2ccccc2)cc1.Cn1nnnc1[C@H](Cc1ccc(OCc2ccccc2)cc1)N1C(=O)c2ccccc2C1=O.O=C1c2ccccc2C(=O)N1[C@@H](Cc1ccc(OCc2ccccc2)cc1)c1nn[nH]n1. The van der Waals surface area contributed by atoms with Crippen molar-refractivity contribution in [2.45, 2.75) is 95.3 Å². The van der Waals surface area contributed by atoms with Crippen molar-refractivity contribution in [1.29, 1.82) is 0 Å². The molecule has 36 nitrogen and oxygen atoms in total. The Morgan fingerprint density at radius 1 is 0.257 bits per heavy atom. The van der Waals surface area contributed by atoms with Gasteiger partial charge in [-0.25, -0.2) is 9.36 Å². The highest BCUT2D eigenvalue weighted by Gasteiger charge is 2.45. The fraction of sp³-hybridized carbons (Fsp3) is 0.176. The fourth-order valence-electron chi connectivity index (χ4n) is 16.3. The van der Waals surface area contributed by atoms with E-state index in [2.05, 4.69) is 82.5 Å². The third kappa shape index (κ3) is 24.6. The predicted octanol–water partition coefficient (Wildman–Crippen LogP) is 14.2. The van der Waals surface area contributed by atoms with Crippen LogP contribution in [0.15, 0.2) is 346 Å². The van der Waals surface area contributed by atoms with E-state index in [1.165, 1.54) is 29.0 Å². The number of imide groups is 3. The number of carbonyl (C=O) groups is 6. The van der Waals surface area contributed by atoms with Crippen LogP contribution in [0.2, 0.25) is 0 Å². The number of aromatic amines is 1. The quantitative estimate of drug-likeness (QED) is 0.0322. The summed E-state index contributed by atoms with van der Waals surface area (Å²) in [5.74, 6) is 4.04. The molecule has 18 aromatic rings. The maximum Gasteiger partial charge on any atom is 0.262 e. The summed E-state index contributed by atoms with van der Waals surface area (Å²) in [4.78, 5) is 84.9. The van der Waals surface area contributed by atoms with Gasteiger partial charge in [0.1, 0.15) is 79.9 Å². The highest BCUT2D eigenvalue weighted by Crippen LogP contribution is 2.38. The Kier molecular flexibility index (Phi) is 31.6. The summed E-state index contributed by atoms with van der Waals surface area (Å²) < 4.78 is 32.2. The van der Waals surface area contributed by atoms with Gasteiger partial charge < -0.3 is 35.2 Å². The van der Waals surface area contributed by atoms with Gasteiger partial charge in [0, 0.05) is 33.4 Å². The normalized spacial score (nSPS) is 13.2. The molecule has 0 spiro atoms. The van der Waals surface area contributed by atoms with Crippen LogP contribution in [0.1, 0.15) is 177 Å². The summed E-state index contributed by atoms with van der Waals surface area (Å²) in [5.41, 5.74) is 25.1. The number of hydrogen-bond donors (Lipinski definition) is 3. The maximum atomic E-state index is 13.1. The smallest absolute Gasteiger partial charge is 0.262 e. The molecule has 8 heterocycles. The van der Waals surface area contributed by atoms with Crippen molar-refractivity contribution in [2.75, 3.05) is 0 Å². The van der Waals surface area contributed by atoms with Crippen LogP contribution in [0.4, 0.5) is 0 Å². The Hall–Kier alpha value is -18.5. The molecule has 3 aliphatic rings. The highest BCUT2D eigenvalue weighted by molar-refractivity contribution is 6.23. The van der Waals surface area contributed by atoms with Crippen molar-refractivity contribution in [3.63, 3.8) is 0 Å². The number of ether oxygens (including phenoxy) is 5. The number of nitrogens with one attached hydrogen (secondary N) is 1. The molecule has 13 aromatic carbocycles. The number of hydrogen-bond acceptors (Lipinski definition) is 28. The number of amides is 6. The van der Waals surface area contributed by atoms with Gasteiger partial charge in [-0.3, -0.25) is 43.5 Å². The average molecular weight is 1920 g/mol. The molecule has 0 unspecified atom stereocenters. The minimum Gasteiger partial charge on any atom is -0.489 e.